The Balaban J connectivity index is 2.60. The van der Waals surface area contributed by atoms with E-state index in [1.807, 2.05) is 0 Å². The molecule has 0 radical (unpaired) electrons. The summed E-state index contributed by atoms with van der Waals surface area (Å²) in [5, 5.41) is 14.1. The lowest BCUT2D eigenvalue weighted by Gasteiger charge is -2.35. The monoisotopic (exact) mass is 377 g/mol. The number of halogens is 1. The number of thioether (sulfide) groups is 1. The lowest BCUT2D eigenvalue weighted by atomic mass is 10.1. The molecule has 0 aromatic carbocycles. The van der Waals surface area contributed by atoms with Gasteiger partial charge in [-0.3, -0.25) is 19.2 Å². The van der Waals surface area contributed by atoms with Crippen LogP contribution in [0.4, 0.5) is 0 Å². The number of oxime groups is 1. The van der Waals surface area contributed by atoms with E-state index in [4.69, 9.17) is 11.6 Å². The molecule has 1 aliphatic heterocycles. The zero-order valence-electron chi connectivity index (χ0n) is 12.8. The lowest BCUT2D eigenvalue weighted by Crippen LogP contribution is -2.68. The molecule has 0 unspecified atom stereocenters. The van der Waals surface area contributed by atoms with Crippen LogP contribution in [-0.4, -0.2) is 53.9 Å². The van der Waals surface area contributed by atoms with Crippen LogP contribution in [0.5, 0.6) is 0 Å². The fraction of sp³-hybridized carbons (Fsp3) is 0.417. The molecule has 4 N–H and O–H groups in total. The van der Waals surface area contributed by atoms with Gasteiger partial charge in [-0.1, -0.05) is 5.16 Å². The molecule has 1 aliphatic rings. The van der Waals surface area contributed by atoms with Gasteiger partial charge < -0.3 is 26.1 Å². The second kappa shape index (κ2) is 9.78. The Morgan fingerprint density at radius 3 is 2.71 bits per heavy atom. The Labute approximate surface area is 146 Å². The summed E-state index contributed by atoms with van der Waals surface area (Å²) in [4.78, 5) is 50.0. The molecule has 0 aromatic rings. The summed E-state index contributed by atoms with van der Waals surface area (Å²) in [7, 11) is 1.20. The van der Waals surface area contributed by atoms with Crippen LogP contribution in [0.15, 0.2) is 16.8 Å². The van der Waals surface area contributed by atoms with Crippen LogP contribution >= 0.6 is 23.4 Å². The van der Waals surface area contributed by atoms with E-state index < -0.39 is 35.0 Å². The van der Waals surface area contributed by atoms with E-state index in [0.717, 1.165) is 0 Å². The zero-order chi connectivity index (χ0) is 18.1. The van der Waals surface area contributed by atoms with Gasteiger partial charge in [0.1, 0.15) is 24.4 Å². The molecular formula is C12H16ClN5O5S. The van der Waals surface area contributed by atoms with Crippen LogP contribution < -0.4 is 21.3 Å². The van der Waals surface area contributed by atoms with Gasteiger partial charge in [0.05, 0.1) is 0 Å². The van der Waals surface area contributed by atoms with Crippen molar-refractivity contribution in [2.24, 2.45) is 5.16 Å². The molecule has 4 amide bonds. The number of β-lactam (4-membered cyclic amide) rings is 1. The second-order valence-electron chi connectivity index (χ2n) is 4.32. The van der Waals surface area contributed by atoms with Gasteiger partial charge in [-0.25, -0.2) is 0 Å². The van der Waals surface area contributed by atoms with E-state index >= 15 is 0 Å². The van der Waals surface area contributed by atoms with Gasteiger partial charge in [0.15, 0.2) is 0 Å². The van der Waals surface area contributed by atoms with Gasteiger partial charge in [-0.05, 0) is 5.41 Å². The van der Waals surface area contributed by atoms with Gasteiger partial charge >= 0.3 is 0 Å². The molecule has 12 heteroatoms. The zero-order valence-corrected chi connectivity index (χ0v) is 14.4. The largest absolute Gasteiger partial charge is 0.397 e. The highest BCUT2D eigenvalue weighted by atomic mass is 35.5. The maximum absolute atomic E-state index is 12.1. The average Bonchev–Trinajstić information content (AvgIpc) is 2.54. The first-order valence-electron chi connectivity index (χ1n) is 6.54. The molecule has 24 heavy (non-hydrogen) atoms. The Morgan fingerprint density at radius 1 is 1.46 bits per heavy atom. The van der Waals surface area contributed by atoms with Crippen molar-refractivity contribution in [2.45, 2.75) is 18.3 Å². The lowest BCUT2D eigenvalue weighted by molar-refractivity contribution is -0.132. The third-order valence-electron chi connectivity index (χ3n) is 2.51. The van der Waals surface area contributed by atoms with Gasteiger partial charge in [-0.2, -0.15) is 0 Å². The number of carbonyl (C=O) groups is 4. The van der Waals surface area contributed by atoms with Crippen LogP contribution in [0, 0.1) is 0 Å². The molecule has 10 nitrogen and oxygen atoms in total. The minimum Gasteiger partial charge on any atom is -0.397 e. The molecular weight excluding hydrogens is 362 g/mol. The molecule has 2 atom stereocenters. The number of alkyl halides is 1. The SMILES string of the molecule is CO/N=C(/NC(=O)CCl)C(=O)N[C@@H]1C(=O)N[C@@H]1S/C=C\NC(C)=O. The van der Waals surface area contributed by atoms with E-state index in [-0.39, 0.29) is 11.8 Å². The van der Waals surface area contributed by atoms with Crippen molar-refractivity contribution >= 4 is 52.8 Å². The summed E-state index contributed by atoms with van der Waals surface area (Å²) in [6.07, 6.45) is 1.41. The van der Waals surface area contributed by atoms with E-state index in [1.54, 1.807) is 5.41 Å². The Kier molecular flexibility index (Phi) is 8.06. The predicted molar refractivity (Wildman–Crippen MR) is 87.7 cm³/mol. The van der Waals surface area contributed by atoms with Crippen LogP contribution in [0.3, 0.4) is 0 Å². The number of hydrogen-bond donors (Lipinski definition) is 4. The molecule has 0 aromatic heterocycles. The first kappa shape index (κ1) is 19.8. The first-order valence-corrected chi connectivity index (χ1v) is 8.02. The molecule has 1 rings (SSSR count). The van der Waals surface area contributed by atoms with Crippen molar-refractivity contribution in [1.29, 1.82) is 0 Å². The summed E-state index contributed by atoms with van der Waals surface area (Å²) < 4.78 is 0. The smallest absolute Gasteiger partial charge is 0.291 e. The molecule has 0 bridgehead atoms. The highest BCUT2D eigenvalue weighted by molar-refractivity contribution is 8.02. The minimum absolute atomic E-state index is 0.232. The van der Waals surface area contributed by atoms with Crippen LogP contribution in [0.25, 0.3) is 0 Å². The van der Waals surface area contributed by atoms with E-state index in [1.165, 1.54) is 32.0 Å². The van der Waals surface area contributed by atoms with Crippen LogP contribution in [0.1, 0.15) is 6.92 Å². The van der Waals surface area contributed by atoms with Crippen molar-refractivity contribution in [3.05, 3.63) is 11.6 Å². The standard InChI is InChI=1S/C12H16ClN5O5S/c1-6(19)14-3-4-24-12-8(10(21)17-12)16-11(22)9(18-23-2)15-7(20)5-13/h3-4,8,12H,5H2,1-2H3,(H,14,19)(H,16,22)(H,17,21)(H,15,18,20)/b4-3-/t8-,12-/m1/s1. The van der Waals surface area contributed by atoms with Crippen molar-refractivity contribution in [3.63, 3.8) is 0 Å². The Bertz CT molecular complexity index is 582. The number of amides is 4. The maximum atomic E-state index is 12.1. The quantitative estimate of drug-likeness (QED) is 0.147. The normalized spacial score (nSPS) is 20.0. The summed E-state index contributed by atoms with van der Waals surface area (Å²) in [5.74, 6) is -2.86. The summed E-state index contributed by atoms with van der Waals surface area (Å²) in [6.45, 7) is 1.36. The van der Waals surface area contributed by atoms with Crippen molar-refractivity contribution < 1.29 is 24.0 Å². The van der Waals surface area contributed by atoms with Crippen molar-refractivity contribution in [3.8, 4) is 0 Å². The summed E-state index contributed by atoms with van der Waals surface area (Å²) >= 11 is 6.52. The highest BCUT2D eigenvalue weighted by Gasteiger charge is 2.41. The molecule has 0 aliphatic carbocycles. The van der Waals surface area contributed by atoms with Gasteiger partial charge in [-0.15, -0.1) is 23.4 Å². The van der Waals surface area contributed by atoms with E-state index in [9.17, 15) is 19.2 Å². The topological polar surface area (TPSA) is 138 Å². The number of rotatable bonds is 6. The fourth-order valence-corrected chi connectivity index (χ4v) is 2.39. The van der Waals surface area contributed by atoms with Crippen molar-refractivity contribution in [2.75, 3.05) is 13.0 Å². The number of carbonyl (C=O) groups excluding carboxylic acids is 4. The Morgan fingerprint density at radius 2 is 2.17 bits per heavy atom. The van der Waals surface area contributed by atoms with Gasteiger partial charge in [0.2, 0.25) is 23.6 Å². The second-order valence-corrected chi connectivity index (χ2v) is 5.64. The van der Waals surface area contributed by atoms with Gasteiger partial charge in [0.25, 0.3) is 5.91 Å². The maximum Gasteiger partial charge on any atom is 0.291 e. The third kappa shape index (κ3) is 6.08. The summed E-state index contributed by atoms with van der Waals surface area (Å²) in [6, 6.07) is -0.834. The Hall–Kier alpha value is -2.27. The van der Waals surface area contributed by atoms with Crippen LogP contribution in [-0.2, 0) is 24.0 Å². The van der Waals surface area contributed by atoms with E-state index in [2.05, 4.69) is 31.3 Å². The number of hydrogen-bond acceptors (Lipinski definition) is 7. The molecule has 1 heterocycles. The number of nitrogens with zero attached hydrogens (tertiary/aromatic N) is 1. The molecule has 132 valence electrons. The number of amidine groups is 1. The molecule has 1 fully saturated rings. The minimum atomic E-state index is -0.834. The first-order chi connectivity index (χ1) is 11.4. The highest BCUT2D eigenvalue weighted by Crippen LogP contribution is 2.20. The fourth-order valence-electron chi connectivity index (χ4n) is 1.47. The van der Waals surface area contributed by atoms with Crippen molar-refractivity contribution in [1.82, 2.24) is 21.3 Å². The average molecular weight is 378 g/mol. The number of nitrogens with one attached hydrogen (secondary N) is 4. The predicted octanol–water partition coefficient (Wildman–Crippen LogP) is -1.42. The molecule has 0 saturated carbocycles. The third-order valence-corrected chi connectivity index (χ3v) is 3.73. The van der Waals surface area contributed by atoms with Gasteiger partial charge in [0, 0.05) is 13.1 Å². The molecule has 0 spiro atoms. The summed E-state index contributed by atoms with van der Waals surface area (Å²) in [5.41, 5.74) is 0. The molecule has 1 saturated heterocycles. The van der Waals surface area contributed by atoms with E-state index in [0.29, 0.717) is 0 Å². The van der Waals surface area contributed by atoms with Crippen LogP contribution in [0.2, 0.25) is 0 Å².